The molecule has 1 aliphatic rings. The van der Waals surface area contributed by atoms with E-state index in [-0.39, 0.29) is 0 Å². The average molecular weight is 389 g/mol. The van der Waals surface area contributed by atoms with Crippen molar-refractivity contribution in [2.24, 2.45) is 0 Å². The molecule has 4 aromatic rings. The lowest BCUT2D eigenvalue weighted by Gasteiger charge is -2.33. The third-order valence-corrected chi connectivity index (χ3v) is 6.07. The molecule has 0 saturated heterocycles. The molecule has 4 nitrogen and oxygen atoms in total. The van der Waals surface area contributed by atoms with Crippen LogP contribution in [0.1, 0.15) is 28.2 Å². The van der Waals surface area contributed by atoms with Crippen molar-refractivity contribution in [3.63, 3.8) is 0 Å². The molecule has 0 fully saturated rings. The summed E-state index contributed by atoms with van der Waals surface area (Å²) in [6.07, 6.45) is 3.62. The normalized spacial score (nSPS) is 17.0. The zero-order chi connectivity index (χ0) is 19.3. The first-order valence-corrected chi connectivity index (χ1v) is 9.83. The molecule has 0 saturated carbocycles. The van der Waals surface area contributed by atoms with Crippen LogP contribution in [0.25, 0.3) is 16.8 Å². The molecule has 28 heavy (non-hydrogen) atoms. The fraction of sp³-hybridized carbons (Fsp3) is 0.217. The van der Waals surface area contributed by atoms with Crippen molar-refractivity contribution in [1.29, 1.82) is 0 Å². The maximum Gasteiger partial charge on any atom is 0.155 e. The number of likely N-dealkylation sites (N-methyl/N-ethyl adjacent to an activating group) is 1. The number of aryl methyl sites for hydroxylation is 1. The highest BCUT2D eigenvalue weighted by molar-refractivity contribution is 6.31. The van der Waals surface area contributed by atoms with Gasteiger partial charge in [0, 0.05) is 35.8 Å². The smallest absolute Gasteiger partial charge is 0.155 e. The Bertz CT molecular complexity index is 1180. The van der Waals surface area contributed by atoms with Gasteiger partial charge < -0.3 is 4.90 Å². The fourth-order valence-corrected chi connectivity index (χ4v) is 4.30. The number of pyridine rings is 1. The minimum atomic E-state index is 0.358. The number of fused-ring (bicyclic) bond motifs is 2. The third kappa shape index (κ3) is 2.99. The zero-order valence-corrected chi connectivity index (χ0v) is 16.7. The fourth-order valence-electron chi connectivity index (χ4n) is 4.18. The summed E-state index contributed by atoms with van der Waals surface area (Å²) in [5, 5.41) is 5.08. The summed E-state index contributed by atoms with van der Waals surface area (Å²) >= 11 is 6.25. The van der Waals surface area contributed by atoms with Crippen molar-refractivity contribution in [1.82, 2.24) is 19.5 Å². The lowest BCUT2D eigenvalue weighted by molar-refractivity contribution is 0.295. The van der Waals surface area contributed by atoms with Gasteiger partial charge in [-0.05, 0) is 66.1 Å². The van der Waals surface area contributed by atoms with E-state index in [1.165, 1.54) is 22.3 Å². The Hall–Kier alpha value is -2.69. The van der Waals surface area contributed by atoms with Crippen LogP contribution in [-0.2, 0) is 6.54 Å². The average Bonchev–Trinajstić information content (AvgIpc) is 3.17. The van der Waals surface area contributed by atoms with Gasteiger partial charge in [-0.2, -0.15) is 5.10 Å². The van der Waals surface area contributed by atoms with Gasteiger partial charge in [-0.3, -0.25) is 0 Å². The van der Waals surface area contributed by atoms with E-state index in [4.69, 9.17) is 11.6 Å². The van der Waals surface area contributed by atoms with Crippen molar-refractivity contribution in [2.75, 3.05) is 13.6 Å². The molecule has 0 spiro atoms. The molecular weight excluding hydrogens is 368 g/mol. The topological polar surface area (TPSA) is 33.4 Å². The zero-order valence-electron chi connectivity index (χ0n) is 15.9. The number of rotatable bonds is 2. The minimum absolute atomic E-state index is 0.358. The van der Waals surface area contributed by atoms with Gasteiger partial charge in [0.05, 0.1) is 0 Å². The number of aromatic nitrogens is 3. The van der Waals surface area contributed by atoms with Gasteiger partial charge in [-0.1, -0.05) is 35.9 Å². The lowest BCUT2D eigenvalue weighted by Crippen LogP contribution is -2.31. The van der Waals surface area contributed by atoms with Gasteiger partial charge in [-0.25, -0.2) is 9.50 Å². The molecule has 140 valence electrons. The summed E-state index contributed by atoms with van der Waals surface area (Å²) in [7, 11) is 2.19. The summed E-state index contributed by atoms with van der Waals surface area (Å²) in [4.78, 5) is 6.62. The van der Waals surface area contributed by atoms with Gasteiger partial charge in [-0.15, -0.1) is 0 Å². The van der Waals surface area contributed by atoms with E-state index in [1.54, 1.807) is 6.33 Å². The largest absolute Gasteiger partial charge is 0.301 e. The van der Waals surface area contributed by atoms with Crippen LogP contribution < -0.4 is 0 Å². The van der Waals surface area contributed by atoms with Crippen LogP contribution in [0, 0.1) is 6.92 Å². The predicted molar refractivity (Wildman–Crippen MR) is 113 cm³/mol. The van der Waals surface area contributed by atoms with Gasteiger partial charge in [0.2, 0.25) is 0 Å². The van der Waals surface area contributed by atoms with Crippen molar-refractivity contribution in [3.8, 4) is 11.1 Å². The summed E-state index contributed by atoms with van der Waals surface area (Å²) in [6.45, 7) is 4.04. The molecule has 3 heterocycles. The number of hydrogen-bond donors (Lipinski definition) is 0. The van der Waals surface area contributed by atoms with Crippen molar-refractivity contribution in [3.05, 3.63) is 88.3 Å². The molecule has 2 aromatic carbocycles. The van der Waals surface area contributed by atoms with Crippen LogP contribution in [0.15, 0.2) is 61.1 Å². The molecule has 0 aliphatic carbocycles. The highest BCUT2D eigenvalue weighted by Crippen LogP contribution is 2.36. The number of halogens is 1. The van der Waals surface area contributed by atoms with Gasteiger partial charge in [0.1, 0.15) is 6.33 Å². The Balaban J connectivity index is 1.57. The molecule has 0 N–H and O–H groups in total. The summed E-state index contributed by atoms with van der Waals surface area (Å²) in [5.41, 5.74) is 8.45. The van der Waals surface area contributed by atoms with E-state index in [9.17, 15) is 0 Å². The van der Waals surface area contributed by atoms with E-state index in [1.807, 2.05) is 22.8 Å². The molecule has 0 radical (unpaired) electrons. The molecular formula is C23H21ClN4. The van der Waals surface area contributed by atoms with Crippen LogP contribution in [-0.4, -0.2) is 33.1 Å². The van der Waals surface area contributed by atoms with Crippen molar-refractivity contribution in [2.45, 2.75) is 19.4 Å². The summed E-state index contributed by atoms with van der Waals surface area (Å²) in [5.74, 6) is 0.358. The quantitative estimate of drug-likeness (QED) is 0.488. The Morgan fingerprint density at radius 1 is 1.04 bits per heavy atom. The molecule has 1 unspecified atom stereocenters. The summed E-state index contributed by atoms with van der Waals surface area (Å²) < 4.78 is 1.82. The highest BCUT2D eigenvalue weighted by atomic mass is 35.5. The van der Waals surface area contributed by atoms with Crippen LogP contribution in [0.3, 0.4) is 0 Å². The minimum Gasteiger partial charge on any atom is -0.301 e. The maximum atomic E-state index is 6.25. The van der Waals surface area contributed by atoms with Gasteiger partial charge >= 0.3 is 0 Å². The van der Waals surface area contributed by atoms with E-state index in [0.717, 1.165) is 34.9 Å². The van der Waals surface area contributed by atoms with E-state index in [0.29, 0.717) is 5.92 Å². The highest BCUT2D eigenvalue weighted by Gasteiger charge is 2.25. The first-order chi connectivity index (χ1) is 13.6. The molecule has 2 aromatic heterocycles. The molecule has 1 atom stereocenters. The van der Waals surface area contributed by atoms with Crippen LogP contribution in [0.4, 0.5) is 0 Å². The second kappa shape index (κ2) is 6.73. The SMILES string of the molecule is Cc1cc(C2CN(C)Cc3cc(-c4ccc5ncnn5c4)ccc32)ccc1Cl. The van der Waals surface area contributed by atoms with E-state index in [2.05, 4.69) is 65.4 Å². The molecule has 1 aliphatic heterocycles. The second-order valence-corrected chi connectivity index (χ2v) is 8.06. The van der Waals surface area contributed by atoms with Crippen molar-refractivity contribution >= 4 is 17.2 Å². The molecule has 5 heteroatoms. The third-order valence-electron chi connectivity index (χ3n) is 5.64. The monoisotopic (exact) mass is 388 g/mol. The molecule has 0 amide bonds. The number of benzene rings is 2. The maximum absolute atomic E-state index is 6.25. The first-order valence-electron chi connectivity index (χ1n) is 9.46. The number of hydrogen-bond acceptors (Lipinski definition) is 3. The Morgan fingerprint density at radius 3 is 2.75 bits per heavy atom. The second-order valence-electron chi connectivity index (χ2n) is 7.65. The summed E-state index contributed by atoms with van der Waals surface area (Å²) in [6, 6.07) is 17.3. The Labute approximate surface area is 169 Å². The van der Waals surface area contributed by atoms with Crippen LogP contribution >= 0.6 is 11.6 Å². The van der Waals surface area contributed by atoms with Crippen LogP contribution in [0.2, 0.25) is 5.02 Å². The number of nitrogens with zero attached hydrogens (tertiary/aromatic N) is 4. The van der Waals surface area contributed by atoms with Gasteiger partial charge in [0.25, 0.3) is 0 Å². The standard InChI is InChI=1S/C23H21ClN4/c1-15-9-17(4-7-22(15)24)21-13-27(2)11-19-10-16(3-6-20(19)21)18-5-8-23-25-14-26-28(23)12-18/h3-10,12,14,21H,11,13H2,1-2H3. The van der Waals surface area contributed by atoms with E-state index < -0.39 is 0 Å². The van der Waals surface area contributed by atoms with Crippen LogP contribution in [0.5, 0.6) is 0 Å². The first kappa shape index (κ1) is 17.4. The Kier molecular flexibility index (Phi) is 4.18. The Morgan fingerprint density at radius 2 is 1.89 bits per heavy atom. The molecule has 5 rings (SSSR count). The lowest BCUT2D eigenvalue weighted by atomic mass is 9.83. The molecule has 0 bridgehead atoms. The van der Waals surface area contributed by atoms with Crippen molar-refractivity contribution < 1.29 is 0 Å². The predicted octanol–water partition coefficient (Wildman–Crippen LogP) is 4.94. The van der Waals surface area contributed by atoms with Gasteiger partial charge in [0.15, 0.2) is 5.65 Å². The van der Waals surface area contributed by atoms with E-state index >= 15 is 0 Å².